The number of benzene rings is 3. The summed E-state index contributed by atoms with van der Waals surface area (Å²) in [5.41, 5.74) is 0.798. The van der Waals surface area contributed by atoms with Gasteiger partial charge in [-0.15, -0.1) is 0 Å². The third-order valence-corrected chi connectivity index (χ3v) is 6.70. The van der Waals surface area contributed by atoms with Gasteiger partial charge < -0.3 is 10.0 Å². The zero-order chi connectivity index (χ0) is 21.5. The number of carbonyl (C=O) groups excluding carboxylic acids is 1. The number of hydrogen-bond donors (Lipinski definition) is 2. The van der Waals surface area contributed by atoms with Crippen LogP contribution in [0.4, 0.5) is 0 Å². The summed E-state index contributed by atoms with van der Waals surface area (Å²) in [6, 6.07) is 20.5. The van der Waals surface area contributed by atoms with Crippen LogP contribution < -0.4 is 5.14 Å². The Labute approximate surface area is 183 Å². The van der Waals surface area contributed by atoms with E-state index in [1.54, 1.807) is 42.5 Å². The molecule has 4 rings (SSSR count). The second kappa shape index (κ2) is 7.63. The third kappa shape index (κ3) is 3.56. The number of rotatable bonds is 5. The molecule has 1 aliphatic heterocycles. The molecule has 0 saturated heterocycles. The Bertz CT molecular complexity index is 1210. The van der Waals surface area contributed by atoms with Crippen molar-refractivity contribution in [3.05, 3.63) is 99.5 Å². The molecule has 3 aromatic carbocycles. The molecule has 0 aliphatic carbocycles. The van der Waals surface area contributed by atoms with Crippen LogP contribution in [0, 0.1) is 0 Å². The zero-order valence-corrected chi connectivity index (χ0v) is 18.2. The number of aliphatic hydroxyl groups is 1. The lowest BCUT2D eigenvalue weighted by Crippen LogP contribution is -2.45. The molecule has 1 amide bonds. The molecule has 1 heterocycles. The van der Waals surface area contributed by atoms with E-state index in [2.05, 4.69) is 15.9 Å². The predicted molar refractivity (Wildman–Crippen MR) is 116 cm³/mol. The Morgan fingerprint density at radius 2 is 1.67 bits per heavy atom. The molecule has 3 N–H and O–H groups in total. The molecule has 0 saturated carbocycles. The molecule has 154 valence electrons. The van der Waals surface area contributed by atoms with E-state index in [0.29, 0.717) is 23.1 Å². The summed E-state index contributed by atoms with van der Waals surface area (Å²) < 4.78 is 23.6. The normalized spacial score (nSPS) is 18.5. The van der Waals surface area contributed by atoms with E-state index in [-0.39, 0.29) is 17.3 Å². The average molecular weight is 487 g/mol. The molecule has 0 radical (unpaired) electrons. The Balaban J connectivity index is 1.69. The highest BCUT2D eigenvalue weighted by Crippen LogP contribution is 2.43. The van der Waals surface area contributed by atoms with Crippen LogP contribution >= 0.6 is 15.9 Å². The van der Waals surface area contributed by atoms with Crippen molar-refractivity contribution in [3.63, 3.8) is 0 Å². The van der Waals surface area contributed by atoms with Gasteiger partial charge in [0, 0.05) is 27.7 Å². The minimum Gasteiger partial charge on any atom is -0.363 e. The van der Waals surface area contributed by atoms with Crippen LogP contribution in [0.1, 0.15) is 27.0 Å². The largest absolute Gasteiger partial charge is 0.363 e. The Kier molecular flexibility index (Phi) is 5.27. The Morgan fingerprint density at radius 1 is 1.00 bits per heavy atom. The van der Waals surface area contributed by atoms with Crippen molar-refractivity contribution in [1.29, 1.82) is 0 Å². The van der Waals surface area contributed by atoms with Crippen LogP contribution in [0.15, 0.2) is 82.2 Å². The second-order valence-corrected chi connectivity index (χ2v) is 9.60. The highest BCUT2D eigenvalue weighted by Gasteiger charge is 2.49. The fraction of sp³-hybridized carbons (Fsp3) is 0.136. The molecular formula is C22H19BrN2O4S. The van der Waals surface area contributed by atoms with Gasteiger partial charge in [0.2, 0.25) is 10.0 Å². The summed E-state index contributed by atoms with van der Waals surface area (Å²) in [6.07, 6.45) is 0.431. The number of nitrogens with two attached hydrogens (primary N) is 1. The number of sulfonamides is 1. The van der Waals surface area contributed by atoms with Crippen LogP contribution in [0.25, 0.3) is 0 Å². The van der Waals surface area contributed by atoms with E-state index in [1.165, 1.54) is 17.0 Å². The molecule has 1 atom stereocenters. The highest BCUT2D eigenvalue weighted by molar-refractivity contribution is 9.10. The van der Waals surface area contributed by atoms with Crippen LogP contribution in [0.2, 0.25) is 0 Å². The van der Waals surface area contributed by atoms with Gasteiger partial charge in [0.05, 0.1) is 4.90 Å². The van der Waals surface area contributed by atoms with Gasteiger partial charge in [0.1, 0.15) is 0 Å². The quantitative estimate of drug-likeness (QED) is 0.578. The van der Waals surface area contributed by atoms with Gasteiger partial charge >= 0.3 is 0 Å². The smallest absolute Gasteiger partial charge is 0.257 e. The molecule has 3 aromatic rings. The summed E-state index contributed by atoms with van der Waals surface area (Å²) in [7, 11) is -3.76. The highest BCUT2D eigenvalue weighted by atomic mass is 79.9. The minimum atomic E-state index is -3.76. The van der Waals surface area contributed by atoms with E-state index in [4.69, 9.17) is 5.14 Å². The Hall–Kier alpha value is -2.52. The third-order valence-electron chi connectivity index (χ3n) is 5.28. The Morgan fingerprint density at radius 3 is 2.30 bits per heavy atom. The van der Waals surface area contributed by atoms with Gasteiger partial charge in [-0.3, -0.25) is 4.79 Å². The van der Waals surface area contributed by atoms with E-state index < -0.39 is 15.7 Å². The van der Waals surface area contributed by atoms with Gasteiger partial charge in [0.15, 0.2) is 5.72 Å². The summed E-state index contributed by atoms with van der Waals surface area (Å²) in [6.45, 7) is 0.241. The fourth-order valence-electron chi connectivity index (χ4n) is 3.76. The van der Waals surface area contributed by atoms with Gasteiger partial charge in [-0.05, 0) is 42.3 Å². The van der Waals surface area contributed by atoms with Crippen LogP contribution in [-0.2, 0) is 22.2 Å². The van der Waals surface area contributed by atoms with E-state index in [1.807, 2.05) is 18.2 Å². The van der Waals surface area contributed by atoms with Gasteiger partial charge in [-0.2, -0.15) is 0 Å². The molecule has 30 heavy (non-hydrogen) atoms. The lowest BCUT2D eigenvalue weighted by atomic mass is 9.93. The number of halogens is 1. The lowest BCUT2D eigenvalue weighted by molar-refractivity contribution is -0.0494. The summed E-state index contributed by atoms with van der Waals surface area (Å²) in [5.74, 6) is -0.259. The number of carbonyl (C=O) groups is 1. The maximum absolute atomic E-state index is 13.2. The standard InChI is InChI=1S/C22H19BrN2O4S/c23-17-8-11-19-20(14-17)22(27,16-4-2-1-3-5-16)25(21(19)26)13-12-15-6-9-18(10-7-15)30(24,28)29/h1-11,14,27H,12-13H2,(H2,24,28,29). The molecule has 0 aromatic heterocycles. The van der Waals surface area contributed by atoms with E-state index >= 15 is 0 Å². The average Bonchev–Trinajstić information content (AvgIpc) is 2.94. The van der Waals surface area contributed by atoms with Crippen molar-refractivity contribution in [1.82, 2.24) is 4.90 Å². The van der Waals surface area contributed by atoms with Crippen molar-refractivity contribution in [2.75, 3.05) is 6.54 Å². The molecule has 1 unspecified atom stereocenters. The molecule has 0 fully saturated rings. The zero-order valence-electron chi connectivity index (χ0n) is 15.8. The summed E-state index contributed by atoms with van der Waals surface area (Å²) in [4.78, 5) is 14.6. The minimum absolute atomic E-state index is 0.0292. The van der Waals surface area contributed by atoms with Crippen molar-refractivity contribution < 1.29 is 18.3 Å². The van der Waals surface area contributed by atoms with E-state index in [0.717, 1.165) is 10.0 Å². The number of amides is 1. The van der Waals surface area contributed by atoms with Crippen molar-refractivity contribution in [2.24, 2.45) is 5.14 Å². The summed E-state index contributed by atoms with van der Waals surface area (Å²) in [5, 5.41) is 16.9. The SMILES string of the molecule is NS(=O)(=O)c1ccc(CCN2C(=O)c3ccc(Br)cc3C2(O)c2ccccc2)cc1. The maximum Gasteiger partial charge on any atom is 0.257 e. The first kappa shape index (κ1) is 20.7. The second-order valence-electron chi connectivity index (χ2n) is 7.12. The molecule has 8 heteroatoms. The molecule has 1 aliphatic rings. The van der Waals surface area contributed by atoms with Crippen molar-refractivity contribution in [2.45, 2.75) is 17.0 Å². The first-order valence-corrected chi connectivity index (χ1v) is 11.6. The van der Waals surface area contributed by atoms with Crippen molar-refractivity contribution >= 4 is 31.9 Å². The summed E-state index contributed by atoms with van der Waals surface area (Å²) >= 11 is 3.43. The molecular weight excluding hydrogens is 468 g/mol. The predicted octanol–water partition coefficient (Wildman–Crippen LogP) is 2.99. The lowest BCUT2D eigenvalue weighted by Gasteiger charge is -2.35. The van der Waals surface area contributed by atoms with E-state index in [9.17, 15) is 18.3 Å². The van der Waals surface area contributed by atoms with Crippen LogP contribution in [-0.4, -0.2) is 30.9 Å². The van der Waals surface area contributed by atoms with Crippen LogP contribution in [0.5, 0.6) is 0 Å². The van der Waals surface area contributed by atoms with Gasteiger partial charge in [-0.1, -0.05) is 58.4 Å². The molecule has 0 spiro atoms. The number of primary sulfonamides is 1. The number of nitrogens with zero attached hydrogens (tertiary/aromatic N) is 1. The fourth-order valence-corrected chi connectivity index (χ4v) is 4.64. The van der Waals surface area contributed by atoms with Crippen LogP contribution in [0.3, 0.4) is 0 Å². The maximum atomic E-state index is 13.2. The number of fused-ring (bicyclic) bond motifs is 1. The topological polar surface area (TPSA) is 101 Å². The monoisotopic (exact) mass is 486 g/mol. The molecule has 0 bridgehead atoms. The first-order valence-electron chi connectivity index (χ1n) is 9.23. The van der Waals surface area contributed by atoms with Crippen molar-refractivity contribution in [3.8, 4) is 0 Å². The van der Waals surface area contributed by atoms with Gasteiger partial charge in [-0.25, -0.2) is 13.6 Å². The number of hydrogen-bond acceptors (Lipinski definition) is 4. The van der Waals surface area contributed by atoms with Gasteiger partial charge in [0.25, 0.3) is 5.91 Å². The molecule has 6 nitrogen and oxygen atoms in total. The first-order chi connectivity index (χ1) is 14.2.